The van der Waals surface area contributed by atoms with Crippen molar-refractivity contribution in [1.29, 1.82) is 0 Å². The van der Waals surface area contributed by atoms with E-state index in [1.165, 1.54) is 16.9 Å². The van der Waals surface area contributed by atoms with Crippen molar-refractivity contribution in [3.63, 3.8) is 0 Å². The molecule has 1 atom stereocenters. The van der Waals surface area contributed by atoms with Crippen LogP contribution in [0, 0.1) is 0 Å². The molecule has 0 saturated heterocycles. The molecule has 0 spiro atoms. The third kappa shape index (κ3) is 3.00. The molecule has 0 saturated carbocycles. The second-order valence-corrected chi connectivity index (χ2v) is 9.42. The molecule has 162 valence electrons. The zero-order valence-electron chi connectivity index (χ0n) is 18.0. The molecule has 33 heavy (non-hydrogen) atoms. The number of pyridine rings is 1. The molecule has 0 radical (unpaired) electrons. The average Bonchev–Trinajstić information content (AvgIpc) is 3.38. The third-order valence-corrected chi connectivity index (χ3v) is 7.07. The number of para-hydroxylation sites is 1. The Morgan fingerprint density at radius 2 is 1.91 bits per heavy atom. The molecular weight excluding hydrogens is 434 g/mol. The lowest BCUT2D eigenvalue weighted by molar-refractivity contribution is 0.0971. The SMILES string of the molecule is CC(C)c1ccc2nc(N3C(=O)c4oc5ccccc5c(=O)c4[C@@H]3c3cccnc3)sc2c1. The van der Waals surface area contributed by atoms with Crippen molar-refractivity contribution in [2.75, 3.05) is 4.90 Å². The Balaban J connectivity index is 1.60. The van der Waals surface area contributed by atoms with Crippen LogP contribution in [-0.2, 0) is 0 Å². The lowest BCUT2D eigenvalue weighted by Gasteiger charge is -2.22. The van der Waals surface area contributed by atoms with Crippen molar-refractivity contribution in [3.8, 4) is 0 Å². The smallest absolute Gasteiger partial charge is 0.297 e. The van der Waals surface area contributed by atoms with Crippen molar-refractivity contribution < 1.29 is 9.21 Å². The zero-order valence-corrected chi connectivity index (χ0v) is 18.8. The van der Waals surface area contributed by atoms with Gasteiger partial charge in [0.1, 0.15) is 5.58 Å². The number of amides is 1. The van der Waals surface area contributed by atoms with Crippen LogP contribution in [0.15, 0.2) is 76.2 Å². The second kappa shape index (κ2) is 7.35. The van der Waals surface area contributed by atoms with Gasteiger partial charge >= 0.3 is 0 Å². The highest BCUT2D eigenvalue weighted by Gasteiger charge is 2.45. The van der Waals surface area contributed by atoms with Gasteiger partial charge in [0.05, 0.1) is 27.2 Å². The maximum Gasteiger partial charge on any atom is 0.297 e. The fraction of sp³-hybridized carbons (Fsp3) is 0.154. The van der Waals surface area contributed by atoms with Gasteiger partial charge in [-0.05, 0) is 47.4 Å². The average molecular weight is 454 g/mol. The highest BCUT2D eigenvalue weighted by Crippen LogP contribution is 2.43. The van der Waals surface area contributed by atoms with E-state index >= 15 is 0 Å². The van der Waals surface area contributed by atoms with Gasteiger partial charge in [-0.25, -0.2) is 4.98 Å². The number of carbonyl (C=O) groups is 1. The summed E-state index contributed by atoms with van der Waals surface area (Å²) < 4.78 is 6.99. The summed E-state index contributed by atoms with van der Waals surface area (Å²) in [7, 11) is 0. The molecule has 0 bridgehead atoms. The molecule has 5 aromatic rings. The van der Waals surface area contributed by atoms with Crippen molar-refractivity contribution in [1.82, 2.24) is 9.97 Å². The van der Waals surface area contributed by atoms with E-state index in [9.17, 15) is 9.59 Å². The first-order valence-electron chi connectivity index (χ1n) is 10.7. The molecule has 6 nitrogen and oxygen atoms in total. The summed E-state index contributed by atoms with van der Waals surface area (Å²) in [4.78, 5) is 37.8. The van der Waals surface area contributed by atoms with Crippen LogP contribution >= 0.6 is 11.3 Å². The molecule has 0 aliphatic carbocycles. The van der Waals surface area contributed by atoms with Crippen LogP contribution in [0.4, 0.5) is 5.13 Å². The van der Waals surface area contributed by atoms with E-state index in [0.717, 1.165) is 15.8 Å². The molecule has 3 aromatic heterocycles. The molecular formula is C26H19N3O3S. The van der Waals surface area contributed by atoms with Gasteiger partial charge < -0.3 is 4.42 Å². The lowest BCUT2D eigenvalue weighted by Crippen LogP contribution is -2.29. The van der Waals surface area contributed by atoms with Crippen LogP contribution in [0.2, 0.25) is 0 Å². The van der Waals surface area contributed by atoms with E-state index in [1.807, 2.05) is 12.1 Å². The van der Waals surface area contributed by atoms with Gasteiger partial charge in [-0.3, -0.25) is 19.5 Å². The summed E-state index contributed by atoms with van der Waals surface area (Å²) in [6.07, 6.45) is 3.35. The van der Waals surface area contributed by atoms with Crippen molar-refractivity contribution >= 4 is 43.6 Å². The van der Waals surface area contributed by atoms with Crippen LogP contribution in [0.5, 0.6) is 0 Å². The van der Waals surface area contributed by atoms with Crippen LogP contribution in [0.25, 0.3) is 21.2 Å². The number of carbonyl (C=O) groups excluding carboxylic acids is 1. The number of rotatable bonds is 3. The molecule has 1 aliphatic rings. The van der Waals surface area contributed by atoms with E-state index in [-0.39, 0.29) is 17.1 Å². The molecule has 7 heteroatoms. The molecule has 1 amide bonds. The van der Waals surface area contributed by atoms with Gasteiger partial charge in [0.2, 0.25) is 5.76 Å². The Morgan fingerprint density at radius 3 is 2.70 bits per heavy atom. The predicted octanol–water partition coefficient (Wildman–Crippen LogP) is 5.67. The second-order valence-electron chi connectivity index (χ2n) is 8.41. The fourth-order valence-electron chi connectivity index (χ4n) is 4.36. The number of hydrogen-bond donors (Lipinski definition) is 0. The maximum absolute atomic E-state index is 13.7. The minimum atomic E-state index is -0.660. The third-order valence-electron chi connectivity index (χ3n) is 6.05. The van der Waals surface area contributed by atoms with Crippen LogP contribution in [-0.4, -0.2) is 15.9 Å². The topological polar surface area (TPSA) is 76.3 Å². The van der Waals surface area contributed by atoms with Crippen molar-refractivity contribution in [2.45, 2.75) is 25.8 Å². The summed E-state index contributed by atoms with van der Waals surface area (Å²) in [5.74, 6) is 0.0783. The minimum absolute atomic E-state index is 0.0645. The molecule has 6 rings (SSSR count). The minimum Gasteiger partial charge on any atom is -0.450 e. The molecule has 1 aliphatic heterocycles. The summed E-state index contributed by atoms with van der Waals surface area (Å²) in [5.41, 5.74) is 3.27. The van der Waals surface area contributed by atoms with E-state index in [4.69, 9.17) is 9.40 Å². The first-order valence-corrected chi connectivity index (χ1v) is 11.5. The normalized spacial score (nSPS) is 15.7. The first kappa shape index (κ1) is 19.8. The van der Waals surface area contributed by atoms with Gasteiger partial charge in [0.15, 0.2) is 10.6 Å². The number of hydrogen-bond acceptors (Lipinski definition) is 6. The highest BCUT2D eigenvalue weighted by molar-refractivity contribution is 7.22. The number of aromatic nitrogens is 2. The quantitative estimate of drug-likeness (QED) is 0.352. The van der Waals surface area contributed by atoms with E-state index in [2.05, 4.69) is 31.0 Å². The Labute approximate surface area is 193 Å². The molecule has 0 N–H and O–H groups in total. The Hall–Kier alpha value is -3.84. The predicted molar refractivity (Wildman–Crippen MR) is 129 cm³/mol. The van der Waals surface area contributed by atoms with Gasteiger partial charge in [-0.15, -0.1) is 0 Å². The summed E-state index contributed by atoms with van der Waals surface area (Å²) in [6, 6.07) is 16.2. The fourth-order valence-corrected chi connectivity index (χ4v) is 5.40. The Kier molecular flexibility index (Phi) is 4.41. The number of thiazole rings is 1. The maximum atomic E-state index is 13.7. The van der Waals surface area contributed by atoms with E-state index in [0.29, 0.717) is 27.6 Å². The molecule has 2 aromatic carbocycles. The van der Waals surface area contributed by atoms with E-state index < -0.39 is 6.04 Å². The number of benzene rings is 2. The number of nitrogens with zero attached hydrogens (tertiary/aromatic N) is 3. The number of fused-ring (bicyclic) bond motifs is 3. The highest BCUT2D eigenvalue weighted by atomic mass is 32.1. The van der Waals surface area contributed by atoms with Crippen molar-refractivity contribution in [2.24, 2.45) is 0 Å². The van der Waals surface area contributed by atoms with Crippen LogP contribution in [0.3, 0.4) is 0 Å². The van der Waals surface area contributed by atoms with E-state index in [1.54, 1.807) is 47.6 Å². The summed E-state index contributed by atoms with van der Waals surface area (Å²) in [5, 5.41) is 0.977. The van der Waals surface area contributed by atoms with Crippen molar-refractivity contribution in [3.05, 3.63) is 99.7 Å². The molecule has 0 fully saturated rings. The summed E-state index contributed by atoms with van der Waals surface area (Å²) >= 11 is 1.44. The van der Waals surface area contributed by atoms with Gasteiger partial charge in [0, 0.05) is 12.4 Å². The molecule has 0 unspecified atom stereocenters. The Bertz CT molecular complexity index is 1600. The lowest BCUT2D eigenvalue weighted by atomic mass is 10.0. The van der Waals surface area contributed by atoms with Gasteiger partial charge in [0.25, 0.3) is 5.91 Å². The van der Waals surface area contributed by atoms with Crippen LogP contribution < -0.4 is 10.3 Å². The largest absolute Gasteiger partial charge is 0.450 e. The number of anilines is 1. The monoisotopic (exact) mass is 453 g/mol. The van der Waals surface area contributed by atoms with Gasteiger partial charge in [-0.2, -0.15) is 0 Å². The van der Waals surface area contributed by atoms with Crippen LogP contribution in [0.1, 0.15) is 53.1 Å². The Morgan fingerprint density at radius 1 is 1.06 bits per heavy atom. The first-order chi connectivity index (χ1) is 16.0. The molecule has 4 heterocycles. The standard InChI is InChI=1S/C26H19N3O3S/c1-14(2)15-9-10-18-20(12-15)33-26(28-18)29-22(16-6-5-11-27-13-16)21-23(30)17-7-3-4-8-19(17)32-24(21)25(29)31/h3-14,22H,1-2H3/t22-/m0/s1. The van der Waals surface area contributed by atoms with Gasteiger partial charge in [-0.1, -0.05) is 49.4 Å². The zero-order chi connectivity index (χ0) is 22.7. The summed E-state index contributed by atoms with van der Waals surface area (Å²) in [6.45, 7) is 4.29.